The summed E-state index contributed by atoms with van der Waals surface area (Å²) >= 11 is 0. The van der Waals surface area contributed by atoms with Crippen LogP contribution in [0.4, 0.5) is 30.7 Å². The highest BCUT2D eigenvalue weighted by molar-refractivity contribution is 7.87. The molecule has 1 atom stereocenters. The lowest BCUT2D eigenvalue weighted by Crippen LogP contribution is -2.59. The summed E-state index contributed by atoms with van der Waals surface area (Å²) < 4.78 is 135. The Balaban J connectivity index is 5.99. The molecule has 0 aliphatic carbocycles. The molecule has 0 aromatic heterocycles. The molecule has 1 unspecified atom stereocenters. The molecule has 0 saturated carbocycles. The van der Waals surface area contributed by atoms with Crippen molar-refractivity contribution < 1.29 is 67.5 Å². The third-order valence-corrected chi connectivity index (χ3v) is 4.92. The van der Waals surface area contributed by atoms with Crippen LogP contribution in [-0.4, -0.2) is 61.8 Å². The SMILES string of the molecule is CCC(C)(C)C(=O)OC(OCCC(F)(F)C(F)(F)S(=O)(=O)O)(C(=O)OC)C(F)(F)F. The molecule has 0 rings (SSSR count). The van der Waals surface area contributed by atoms with Gasteiger partial charge in [0.15, 0.2) is 0 Å². The van der Waals surface area contributed by atoms with Crippen molar-refractivity contribution in [2.75, 3.05) is 13.7 Å². The monoisotopic (exact) mass is 480 g/mol. The van der Waals surface area contributed by atoms with Crippen molar-refractivity contribution in [2.24, 2.45) is 5.41 Å². The molecule has 0 aromatic carbocycles. The lowest BCUT2D eigenvalue weighted by molar-refractivity contribution is -0.359. The molecule has 0 bridgehead atoms. The molecular weight excluding hydrogens is 461 g/mol. The van der Waals surface area contributed by atoms with Crippen LogP contribution in [0.3, 0.4) is 0 Å². The summed E-state index contributed by atoms with van der Waals surface area (Å²) in [5.41, 5.74) is -1.62. The van der Waals surface area contributed by atoms with Crippen LogP contribution in [0.2, 0.25) is 0 Å². The fourth-order valence-corrected chi connectivity index (χ4v) is 2.07. The first-order valence-corrected chi connectivity index (χ1v) is 9.32. The molecule has 16 heteroatoms. The zero-order chi connectivity index (χ0) is 24.4. The minimum atomic E-state index is -6.66. The molecule has 1 N–H and O–H groups in total. The molecule has 0 spiro atoms. The van der Waals surface area contributed by atoms with Gasteiger partial charge in [0.25, 0.3) is 0 Å². The lowest BCUT2D eigenvalue weighted by atomic mass is 9.90. The highest BCUT2D eigenvalue weighted by Gasteiger charge is 2.69. The van der Waals surface area contributed by atoms with E-state index in [0.717, 1.165) is 13.8 Å². The summed E-state index contributed by atoms with van der Waals surface area (Å²) in [5, 5.41) is -6.09. The zero-order valence-corrected chi connectivity index (χ0v) is 16.8. The summed E-state index contributed by atoms with van der Waals surface area (Å²) in [7, 11) is -6.25. The molecule has 0 saturated heterocycles. The molecule has 0 fully saturated rings. The van der Waals surface area contributed by atoms with Gasteiger partial charge in [0.1, 0.15) is 0 Å². The van der Waals surface area contributed by atoms with Gasteiger partial charge in [-0.3, -0.25) is 9.35 Å². The average molecular weight is 480 g/mol. The van der Waals surface area contributed by atoms with Crippen LogP contribution < -0.4 is 0 Å². The second-order valence-electron chi connectivity index (χ2n) is 6.53. The molecule has 0 heterocycles. The van der Waals surface area contributed by atoms with Gasteiger partial charge in [-0.05, 0) is 20.3 Å². The van der Waals surface area contributed by atoms with Gasteiger partial charge in [0.05, 0.1) is 19.1 Å². The maximum Gasteiger partial charge on any atom is 0.468 e. The minimum absolute atomic E-state index is 0.0976. The van der Waals surface area contributed by atoms with Crippen LogP contribution in [0.5, 0.6) is 0 Å². The van der Waals surface area contributed by atoms with E-state index in [4.69, 9.17) is 4.55 Å². The predicted octanol–water partition coefficient (Wildman–Crippen LogP) is 2.92. The summed E-state index contributed by atoms with van der Waals surface area (Å²) in [6, 6.07) is 0. The third-order valence-electron chi connectivity index (χ3n) is 3.97. The van der Waals surface area contributed by atoms with Gasteiger partial charge in [-0.1, -0.05) is 6.92 Å². The van der Waals surface area contributed by atoms with E-state index in [2.05, 4.69) is 14.2 Å². The summed E-state index contributed by atoms with van der Waals surface area (Å²) in [6.45, 7) is 1.54. The van der Waals surface area contributed by atoms with E-state index in [-0.39, 0.29) is 6.42 Å². The average Bonchev–Trinajstić information content (AvgIpc) is 2.57. The van der Waals surface area contributed by atoms with E-state index >= 15 is 0 Å². The molecular formula is C14H19F7O8S. The van der Waals surface area contributed by atoms with Gasteiger partial charge in [0.2, 0.25) is 0 Å². The summed E-state index contributed by atoms with van der Waals surface area (Å²) in [5.74, 6) is -14.3. The number of esters is 2. The Bertz CT molecular complexity index is 748. The fourth-order valence-electron chi connectivity index (χ4n) is 1.59. The Morgan fingerprint density at radius 2 is 1.43 bits per heavy atom. The molecule has 0 aliphatic heterocycles. The maximum atomic E-state index is 13.5. The first kappa shape index (κ1) is 28.3. The van der Waals surface area contributed by atoms with E-state index in [1.165, 1.54) is 6.92 Å². The molecule has 178 valence electrons. The van der Waals surface area contributed by atoms with Crippen LogP contribution in [0.25, 0.3) is 0 Å². The number of rotatable bonds is 10. The van der Waals surface area contributed by atoms with Crippen molar-refractivity contribution >= 4 is 22.1 Å². The van der Waals surface area contributed by atoms with Crippen LogP contribution in [-0.2, 0) is 33.9 Å². The molecule has 0 radical (unpaired) electrons. The molecule has 0 aliphatic rings. The van der Waals surface area contributed by atoms with Crippen molar-refractivity contribution in [3.8, 4) is 0 Å². The normalized spacial score (nSPS) is 16.0. The zero-order valence-electron chi connectivity index (χ0n) is 16.0. The van der Waals surface area contributed by atoms with Crippen molar-refractivity contribution in [1.82, 2.24) is 0 Å². The molecule has 8 nitrogen and oxygen atoms in total. The smallest absolute Gasteiger partial charge is 0.464 e. The van der Waals surface area contributed by atoms with Gasteiger partial charge < -0.3 is 14.2 Å². The van der Waals surface area contributed by atoms with Crippen LogP contribution in [0.15, 0.2) is 0 Å². The van der Waals surface area contributed by atoms with Crippen molar-refractivity contribution in [3.63, 3.8) is 0 Å². The Morgan fingerprint density at radius 1 is 0.967 bits per heavy atom. The van der Waals surface area contributed by atoms with Gasteiger partial charge in [-0.15, -0.1) is 0 Å². The fraction of sp³-hybridized carbons (Fsp3) is 0.857. The van der Waals surface area contributed by atoms with E-state index in [0.29, 0.717) is 7.11 Å². The highest BCUT2D eigenvalue weighted by Crippen LogP contribution is 2.43. The van der Waals surface area contributed by atoms with Gasteiger partial charge in [0, 0.05) is 6.42 Å². The Morgan fingerprint density at radius 3 is 1.77 bits per heavy atom. The Labute approximate surface area is 166 Å². The number of hydrogen-bond donors (Lipinski definition) is 1. The second-order valence-corrected chi connectivity index (χ2v) is 7.99. The minimum Gasteiger partial charge on any atom is -0.464 e. The van der Waals surface area contributed by atoms with Crippen molar-refractivity contribution in [1.29, 1.82) is 0 Å². The Hall–Kier alpha value is -1.68. The van der Waals surface area contributed by atoms with Gasteiger partial charge >= 0.3 is 45.2 Å². The number of hydrogen-bond acceptors (Lipinski definition) is 7. The largest absolute Gasteiger partial charge is 0.468 e. The number of methoxy groups -OCH3 is 1. The summed E-state index contributed by atoms with van der Waals surface area (Å²) in [6.07, 6.45) is -8.44. The standard InChI is InChI=1S/C14H19F7O8S/c1-5-10(2,3)8(22)29-12(9(23)27-4,13(17,18)19)28-7-6-11(15,16)14(20,21)30(24,25)26/h5-7H2,1-4H3,(H,24,25,26). The van der Waals surface area contributed by atoms with Gasteiger partial charge in [-0.25, -0.2) is 4.79 Å². The van der Waals surface area contributed by atoms with Crippen LogP contribution >= 0.6 is 0 Å². The van der Waals surface area contributed by atoms with Crippen LogP contribution in [0.1, 0.15) is 33.6 Å². The van der Waals surface area contributed by atoms with E-state index < -0.39 is 63.6 Å². The second kappa shape index (κ2) is 8.82. The van der Waals surface area contributed by atoms with E-state index in [9.17, 15) is 48.7 Å². The van der Waals surface area contributed by atoms with Gasteiger partial charge in [-0.2, -0.15) is 39.2 Å². The lowest BCUT2D eigenvalue weighted by Gasteiger charge is -2.35. The van der Waals surface area contributed by atoms with Crippen LogP contribution in [0, 0.1) is 5.41 Å². The topological polar surface area (TPSA) is 116 Å². The van der Waals surface area contributed by atoms with E-state index in [1.807, 2.05) is 0 Å². The van der Waals surface area contributed by atoms with Crippen molar-refractivity contribution in [2.45, 2.75) is 56.8 Å². The quantitative estimate of drug-likeness (QED) is 0.220. The van der Waals surface area contributed by atoms with E-state index in [1.54, 1.807) is 0 Å². The number of carbonyl (C=O) groups is 2. The maximum absolute atomic E-state index is 13.5. The number of carbonyl (C=O) groups excluding carboxylic acids is 2. The molecule has 30 heavy (non-hydrogen) atoms. The number of halogens is 7. The first-order valence-electron chi connectivity index (χ1n) is 7.88. The third kappa shape index (κ3) is 5.51. The number of alkyl halides is 7. The number of ether oxygens (including phenoxy) is 3. The molecule has 0 amide bonds. The van der Waals surface area contributed by atoms with Crippen molar-refractivity contribution in [3.05, 3.63) is 0 Å². The highest BCUT2D eigenvalue weighted by atomic mass is 32.2. The Kier molecular flexibility index (Phi) is 8.33. The predicted molar refractivity (Wildman–Crippen MR) is 83.0 cm³/mol. The first-order chi connectivity index (χ1) is 13.1. The summed E-state index contributed by atoms with van der Waals surface area (Å²) in [4.78, 5) is 23.8. The molecule has 0 aromatic rings.